The van der Waals surface area contributed by atoms with Gasteiger partial charge in [-0.2, -0.15) is 0 Å². The Balaban J connectivity index is 0.00000240. The number of piperidine rings is 1. The van der Waals surface area contributed by atoms with Crippen LogP contribution in [0, 0.1) is 17.6 Å². The Morgan fingerprint density at radius 3 is 2.41 bits per heavy atom. The molecular formula is C21H28ClF2N3O2. The first kappa shape index (κ1) is 22.0. The second-order valence-corrected chi connectivity index (χ2v) is 8.36. The van der Waals surface area contributed by atoms with Gasteiger partial charge >= 0.3 is 0 Å². The monoisotopic (exact) mass is 427 g/mol. The summed E-state index contributed by atoms with van der Waals surface area (Å²) in [5.74, 6) is -1.89. The van der Waals surface area contributed by atoms with Crippen molar-refractivity contribution in [2.75, 3.05) is 13.1 Å². The van der Waals surface area contributed by atoms with Gasteiger partial charge in [0.05, 0.1) is 5.56 Å². The molecule has 2 saturated heterocycles. The Morgan fingerprint density at radius 1 is 1.03 bits per heavy atom. The van der Waals surface area contributed by atoms with E-state index < -0.39 is 23.6 Å². The molecule has 1 aliphatic carbocycles. The van der Waals surface area contributed by atoms with E-state index in [-0.39, 0.29) is 41.9 Å². The minimum atomic E-state index is -0.876. The second-order valence-electron chi connectivity index (χ2n) is 8.36. The molecule has 2 amide bonds. The van der Waals surface area contributed by atoms with Crippen molar-refractivity contribution in [2.24, 2.45) is 11.7 Å². The van der Waals surface area contributed by atoms with Crippen LogP contribution in [-0.2, 0) is 4.79 Å². The smallest absolute Gasteiger partial charge is 0.257 e. The van der Waals surface area contributed by atoms with Gasteiger partial charge in [-0.15, -0.1) is 12.4 Å². The summed E-state index contributed by atoms with van der Waals surface area (Å²) in [4.78, 5) is 29.9. The molecule has 1 aromatic carbocycles. The van der Waals surface area contributed by atoms with Gasteiger partial charge in [-0.05, 0) is 50.2 Å². The quantitative estimate of drug-likeness (QED) is 0.788. The summed E-state index contributed by atoms with van der Waals surface area (Å²) in [6, 6.07) is 2.50. The fourth-order valence-electron chi connectivity index (χ4n) is 5.11. The van der Waals surface area contributed by atoms with Crippen LogP contribution in [0.4, 0.5) is 8.78 Å². The molecule has 3 aliphatic rings. The summed E-state index contributed by atoms with van der Waals surface area (Å²) in [5, 5.41) is 0. The summed E-state index contributed by atoms with van der Waals surface area (Å²) >= 11 is 0. The maximum atomic E-state index is 14.3. The number of carbonyl (C=O) groups excluding carboxylic acids is 2. The van der Waals surface area contributed by atoms with Gasteiger partial charge in [0, 0.05) is 31.2 Å². The number of fused-ring (bicyclic) bond motifs is 1. The Labute approximate surface area is 176 Å². The lowest BCUT2D eigenvalue weighted by Gasteiger charge is -2.37. The highest BCUT2D eigenvalue weighted by Crippen LogP contribution is 2.41. The maximum absolute atomic E-state index is 14.3. The molecule has 2 N–H and O–H groups in total. The second kappa shape index (κ2) is 8.96. The average Bonchev–Trinajstić information content (AvgIpc) is 3.07. The van der Waals surface area contributed by atoms with Crippen molar-refractivity contribution < 1.29 is 18.4 Å². The summed E-state index contributed by atoms with van der Waals surface area (Å²) in [5.41, 5.74) is 5.79. The Hall–Kier alpha value is -1.73. The molecule has 3 atom stereocenters. The first-order valence-electron chi connectivity index (χ1n) is 10.3. The lowest BCUT2D eigenvalue weighted by atomic mass is 9.84. The van der Waals surface area contributed by atoms with Gasteiger partial charge in [0.1, 0.15) is 17.7 Å². The molecule has 8 heteroatoms. The summed E-state index contributed by atoms with van der Waals surface area (Å²) in [7, 11) is 0. The number of rotatable bonds is 2. The molecule has 29 heavy (non-hydrogen) atoms. The predicted octanol–water partition coefficient (Wildman–Crippen LogP) is 3.11. The van der Waals surface area contributed by atoms with E-state index in [1.165, 1.54) is 6.07 Å². The third kappa shape index (κ3) is 4.26. The third-order valence-corrected chi connectivity index (χ3v) is 6.62. The van der Waals surface area contributed by atoms with E-state index in [2.05, 4.69) is 0 Å². The van der Waals surface area contributed by atoms with Crippen LogP contribution in [0.1, 0.15) is 55.3 Å². The SMILES string of the molecule is Cl.NC1CCN(C(=O)C2CC3CCCCC3N2C(=O)c2ccc(F)cc2F)CC1. The van der Waals surface area contributed by atoms with E-state index in [1.54, 1.807) is 9.80 Å². The minimum Gasteiger partial charge on any atom is -0.341 e. The molecule has 0 spiro atoms. The van der Waals surface area contributed by atoms with E-state index in [1.807, 2.05) is 0 Å². The number of nitrogens with zero attached hydrogens (tertiary/aromatic N) is 2. The number of nitrogens with two attached hydrogens (primary N) is 1. The summed E-state index contributed by atoms with van der Waals surface area (Å²) in [6.45, 7) is 1.19. The number of amides is 2. The predicted molar refractivity (Wildman–Crippen MR) is 108 cm³/mol. The van der Waals surface area contributed by atoms with Crippen molar-refractivity contribution in [3.8, 4) is 0 Å². The van der Waals surface area contributed by atoms with Crippen molar-refractivity contribution >= 4 is 24.2 Å². The number of likely N-dealkylation sites (tertiary alicyclic amines) is 2. The van der Waals surface area contributed by atoms with Gasteiger partial charge in [-0.1, -0.05) is 12.8 Å². The van der Waals surface area contributed by atoms with E-state index in [0.29, 0.717) is 19.5 Å². The average molecular weight is 428 g/mol. The molecule has 5 nitrogen and oxygen atoms in total. The van der Waals surface area contributed by atoms with Crippen LogP contribution in [-0.4, -0.2) is 52.8 Å². The topological polar surface area (TPSA) is 66.6 Å². The van der Waals surface area contributed by atoms with Crippen LogP contribution in [0.5, 0.6) is 0 Å². The first-order valence-corrected chi connectivity index (χ1v) is 10.3. The number of carbonyl (C=O) groups is 2. The van der Waals surface area contributed by atoms with E-state index >= 15 is 0 Å². The molecule has 3 unspecified atom stereocenters. The normalized spacial score (nSPS) is 27.3. The van der Waals surface area contributed by atoms with Crippen molar-refractivity contribution in [1.29, 1.82) is 0 Å². The van der Waals surface area contributed by atoms with Crippen molar-refractivity contribution in [3.63, 3.8) is 0 Å². The molecule has 1 saturated carbocycles. The van der Waals surface area contributed by atoms with Crippen LogP contribution >= 0.6 is 12.4 Å². The number of hydrogen-bond donors (Lipinski definition) is 1. The molecule has 160 valence electrons. The van der Waals surface area contributed by atoms with Crippen molar-refractivity contribution in [2.45, 2.75) is 63.1 Å². The summed E-state index contributed by atoms with van der Waals surface area (Å²) < 4.78 is 27.6. The largest absolute Gasteiger partial charge is 0.341 e. The Bertz CT molecular complexity index is 770. The molecule has 2 aliphatic heterocycles. The lowest BCUT2D eigenvalue weighted by Crippen LogP contribution is -2.53. The zero-order valence-electron chi connectivity index (χ0n) is 16.4. The highest BCUT2D eigenvalue weighted by molar-refractivity contribution is 5.98. The van der Waals surface area contributed by atoms with Gasteiger partial charge in [-0.25, -0.2) is 8.78 Å². The highest BCUT2D eigenvalue weighted by Gasteiger charge is 2.49. The van der Waals surface area contributed by atoms with E-state index in [0.717, 1.165) is 50.7 Å². The molecule has 0 aromatic heterocycles. The molecule has 3 fully saturated rings. The first-order chi connectivity index (χ1) is 13.5. The fraction of sp³-hybridized carbons (Fsp3) is 0.619. The van der Waals surface area contributed by atoms with Gasteiger partial charge < -0.3 is 15.5 Å². The molecule has 4 rings (SSSR count). The van der Waals surface area contributed by atoms with Crippen LogP contribution in [0.15, 0.2) is 18.2 Å². The van der Waals surface area contributed by atoms with Crippen LogP contribution in [0.2, 0.25) is 0 Å². The number of benzene rings is 1. The third-order valence-electron chi connectivity index (χ3n) is 6.62. The van der Waals surface area contributed by atoms with E-state index in [9.17, 15) is 18.4 Å². The number of halogens is 3. The molecule has 0 radical (unpaired) electrons. The fourth-order valence-corrected chi connectivity index (χ4v) is 5.11. The van der Waals surface area contributed by atoms with Crippen molar-refractivity contribution in [1.82, 2.24) is 9.80 Å². The Kier molecular flexibility index (Phi) is 6.79. The standard InChI is InChI=1S/C21H27F2N3O2.ClH/c22-14-5-6-16(17(23)12-14)20(27)26-18-4-2-1-3-13(18)11-19(26)21(28)25-9-7-15(24)8-10-25;/h5-6,12-13,15,18-19H,1-4,7-11,24H2;1H. The molecule has 1 aromatic rings. The lowest BCUT2D eigenvalue weighted by molar-refractivity contribution is -0.136. The van der Waals surface area contributed by atoms with Gasteiger partial charge in [-0.3, -0.25) is 9.59 Å². The zero-order valence-corrected chi connectivity index (χ0v) is 17.2. The molecular weight excluding hydrogens is 400 g/mol. The molecule has 2 heterocycles. The minimum absolute atomic E-state index is 0. The van der Waals surface area contributed by atoms with Gasteiger partial charge in [0.15, 0.2) is 0 Å². The van der Waals surface area contributed by atoms with Crippen molar-refractivity contribution in [3.05, 3.63) is 35.4 Å². The van der Waals surface area contributed by atoms with Crippen LogP contribution in [0.3, 0.4) is 0 Å². The van der Waals surface area contributed by atoms with E-state index in [4.69, 9.17) is 5.73 Å². The van der Waals surface area contributed by atoms with Gasteiger partial charge in [0.25, 0.3) is 5.91 Å². The van der Waals surface area contributed by atoms with Crippen LogP contribution in [0.25, 0.3) is 0 Å². The Morgan fingerprint density at radius 2 is 1.72 bits per heavy atom. The van der Waals surface area contributed by atoms with Gasteiger partial charge in [0.2, 0.25) is 5.91 Å². The summed E-state index contributed by atoms with van der Waals surface area (Å²) in [6.07, 6.45) is 6.03. The molecule has 0 bridgehead atoms. The highest BCUT2D eigenvalue weighted by atomic mass is 35.5. The van der Waals surface area contributed by atoms with Crippen LogP contribution < -0.4 is 5.73 Å². The zero-order chi connectivity index (χ0) is 19.8. The number of hydrogen-bond acceptors (Lipinski definition) is 3. The maximum Gasteiger partial charge on any atom is 0.257 e.